The Morgan fingerprint density at radius 3 is 2.67 bits per heavy atom. The van der Waals surface area contributed by atoms with Gasteiger partial charge in [0.1, 0.15) is 11.6 Å². The van der Waals surface area contributed by atoms with Crippen molar-refractivity contribution in [3.8, 4) is 11.9 Å². The molecule has 18 heavy (non-hydrogen) atoms. The van der Waals surface area contributed by atoms with Crippen molar-refractivity contribution in [3.05, 3.63) is 35.7 Å². The van der Waals surface area contributed by atoms with Crippen molar-refractivity contribution >= 4 is 10.0 Å². The molecule has 7 nitrogen and oxygen atoms in total. The van der Waals surface area contributed by atoms with E-state index in [0.29, 0.717) is 0 Å². The van der Waals surface area contributed by atoms with Crippen molar-refractivity contribution < 1.29 is 8.42 Å². The van der Waals surface area contributed by atoms with Crippen molar-refractivity contribution in [2.75, 3.05) is 0 Å². The average Bonchev–Trinajstić information content (AvgIpc) is 2.67. The molecule has 0 spiro atoms. The third kappa shape index (κ3) is 1.97. The van der Waals surface area contributed by atoms with Gasteiger partial charge < -0.3 is 0 Å². The lowest BCUT2D eigenvalue weighted by Gasteiger charge is -2.04. The van der Waals surface area contributed by atoms with Crippen LogP contribution in [-0.2, 0) is 10.0 Å². The zero-order chi connectivity index (χ0) is 13.3. The van der Waals surface area contributed by atoms with Crippen molar-refractivity contribution in [2.45, 2.75) is 11.9 Å². The van der Waals surface area contributed by atoms with Crippen LogP contribution in [0.1, 0.15) is 11.3 Å². The predicted molar refractivity (Wildman–Crippen MR) is 62.2 cm³/mol. The van der Waals surface area contributed by atoms with Gasteiger partial charge in [-0.25, -0.2) is 23.2 Å². The van der Waals surface area contributed by atoms with E-state index in [2.05, 4.69) is 10.1 Å². The molecule has 0 aliphatic carbocycles. The van der Waals surface area contributed by atoms with Gasteiger partial charge in [0.05, 0.1) is 5.69 Å². The lowest BCUT2D eigenvalue weighted by molar-refractivity contribution is 0.586. The van der Waals surface area contributed by atoms with E-state index in [1.165, 1.54) is 13.1 Å². The van der Waals surface area contributed by atoms with Gasteiger partial charge in [-0.05, 0) is 19.1 Å². The van der Waals surface area contributed by atoms with Crippen LogP contribution in [0.4, 0.5) is 0 Å². The first-order chi connectivity index (χ1) is 8.45. The van der Waals surface area contributed by atoms with Gasteiger partial charge in [0.2, 0.25) is 0 Å². The Labute approximate surface area is 104 Å². The highest BCUT2D eigenvalue weighted by Crippen LogP contribution is 2.20. The van der Waals surface area contributed by atoms with Crippen LogP contribution in [0, 0.1) is 18.3 Å². The van der Waals surface area contributed by atoms with E-state index < -0.39 is 10.0 Å². The maximum absolute atomic E-state index is 11.6. The van der Waals surface area contributed by atoms with Gasteiger partial charge in [0.25, 0.3) is 10.0 Å². The summed E-state index contributed by atoms with van der Waals surface area (Å²) in [7, 11) is -4.07. The van der Waals surface area contributed by atoms with E-state index in [0.717, 1.165) is 4.68 Å². The summed E-state index contributed by atoms with van der Waals surface area (Å²) in [5, 5.41) is 17.7. The third-order valence-electron chi connectivity index (χ3n) is 2.27. The number of aryl methyl sites for hydroxylation is 1. The van der Waals surface area contributed by atoms with E-state index in [-0.39, 0.29) is 22.1 Å². The zero-order valence-electron chi connectivity index (χ0n) is 9.40. The molecule has 8 heteroatoms. The molecular formula is C10H9N5O2S. The Morgan fingerprint density at radius 2 is 2.17 bits per heavy atom. The summed E-state index contributed by atoms with van der Waals surface area (Å²) in [5.41, 5.74) is 0.218. The Bertz CT molecular complexity index is 728. The van der Waals surface area contributed by atoms with Crippen molar-refractivity contribution in [1.82, 2.24) is 14.8 Å². The van der Waals surface area contributed by atoms with Gasteiger partial charge in [0, 0.05) is 6.20 Å². The molecule has 0 bridgehead atoms. The van der Waals surface area contributed by atoms with Crippen LogP contribution in [0.2, 0.25) is 0 Å². The molecule has 2 aromatic rings. The lowest BCUT2D eigenvalue weighted by atomic mass is 10.3. The fourth-order valence-corrected chi connectivity index (χ4v) is 2.39. The van der Waals surface area contributed by atoms with Gasteiger partial charge >= 0.3 is 0 Å². The number of nitrogens with two attached hydrogens (primary N) is 1. The molecule has 0 aliphatic heterocycles. The monoisotopic (exact) mass is 263 g/mol. The number of hydrogen-bond acceptors (Lipinski definition) is 5. The van der Waals surface area contributed by atoms with Crippen molar-refractivity contribution in [1.29, 1.82) is 5.26 Å². The Balaban J connectivity index is 2.83. The maximum atomic E-state index is 11.6. The van der Waals surface area contributed by atoms with Gasteiger partial charge in [-0.15, -0.1) is 0 Å². The summed E-state index contributed by atoms with van der Waals surface area (Å²) in [6, 6.07) is 6.72. The molecular weight excluding hydrogens is 254 g/mol. The molecule has 0 fully saturated rings. The smallest absolute Gasteiger partial charge is 0.237 e. The Morgan fingerprint density at radius 1 is 1.44 bits per heavy atom. The van der Waals surface area contributed by atoms with E-state index in [1.54, 1.807) is 24.3 Å². The number of rotatable bonds is 2. The molecule has 0 amide bonds. The summed E-state index contributed by atoms with van der Waals surface area (Å²) in [6.45, 7) is 1.53. The second-order valence-electron chi connectivity index (χ2n) is 3.52. The Kier molecular flexibility index (Phi) is 2.86. The zero-order valence-corrected chi connectivity index (χ0v) is 10.2. The highest BCUT2D eigenvalue weighted by molar-refractivity contribution is 7.89. The van der Waals surface area contributed by atoms with Crippen LogP contribution in [-0.4, -0.2) is 23.2 Å². The fourth-order valence-electron chi connectivity index (χ4n) is 1.53. The molecule has 2 aromatic heterocycles. The van der Waals surface area contributed by atoms with Crippen LogP contribution in [0.5, 0.6) is 0 Å². The van der Waals surface area contributed by atoms with Crippen LogP contribution < -0.4 is 5.14 Å². The average molecular weight is 263 g/mol. The lowest BCUT2D eigenvalue weighted by Crippen LogP contribution is -2.18. The first-order valence-corrected chi connectivity index (χ1v) is 6.43. The van der Waals surface area contributed by atoms with E-state index in [1.807, 2.05) is 0 Å². The standard InChI is InChI=1S/C10H9N5O2S/c1-7-8(6-11)10(18(12,16)17)15(14-7)9-4-2-3-5-13-9/h2-5H,1H3,(H2,12,16,17). The maximum Gasteiger partial charge on any atom is 0.257 e. The number of hydrogen-bond donors (Lipinski definition) is 1. The molecule has 0 saturated carbocycles. The first-order valence-electron chi connectivity index (χ1n) is 4.89. The minimum Gasteiger partial charge on any atom is -0.237 e. The summed E-state index contributed by atoms with van der Waals surface area (Å²) in [5.74, 6) is 0.283. The summed E-state index contributed by atoms with van der Waals surface area (Å²) in [6.07, 6.45) is 1.49. The number of nitrogens with zero attached hydrogens (tertiary/aromatic N) is 4. The topological polar surface area (TPSA) is 115 Å². The highest BCUT2D eigenvalue weighted by atomic mass is 32.2. The van der Waals surface area contributed by atoms with E-state index >= 15 is 0 Å². The summed E-state index contributed by atoms with van der Waals surface area (Å²) >= 11 is 0. The minimum absolute atomic E-state index is 0.0665. The van der Waals surface area contributed by atoms with Gasteiger partial charge in [0.15, 0.2) is 10.8 Å². The Hall–Kier alpha value is -2.24. The second kappa shape index (κ2) is 4.21. The molecule has 92 valence electrons. The first kappa shape index (κ1) is 12.2. The van der Waals surface area contributed by atoms with Gasteiger partial charge in [-0.3, -0.25) is 0 Å². The number of pyridine rings is 1. The van der Waals surface area contributed by atoms with Gasteiger partial charge in [-0.1, -0.05) is 6.07 Å². The van der Waals surface area contributed by atoms with E-state index in [9.17, 15) is 8.42 Å². The van der Waals surface area contributed by atoms with Crippen molar-refractivity contribution in [2.24, 2.45) is 5.14 Å². The number of aromatic nitrogens is 3. The largest absolute Gasteiger partial charge is 0.257 e. The second-order valence-corrected chi connectivity index (χ2v) is 5.00. The molecule has 0 saturated heterocycles. The quantitative estimate of drug-likeness (QED) is 0.824. The molecule has 0 atom stereocenters. The molecule has 0 aromatic carbocycles. The number of sulfonamides is 1. The SMILES string of the molecule is Cc1nn(-c2ccccn2)c(S(N)(=O)=O)c1C#N. The summed E-state index contributed by atoms with van der Waals surface area (Å²) < 4.78 is 24.2. The minimum atomic E-state index is -4.07. The molecule has 2 rings (SSSR count). The number of primary sulfonamides is 1. The van der Waals surface area contributed by atoms with Crippen LogP contribution in [0.3, 0.4) is 0 Å². The van der Waals surface area contributed by atoms with Crippen molar-refractivity contribution in [3.63, 3.8) is 0 Å². The molecule has 2 heterocycles. The number of nitriles is 1. The fraction of sp³-hybridized carbons (Fsp3) is 0.100. The molecule has 0 radical (unpaired) electrons. The normalized spacial score (nSPS) is 11.2. The van der Waals surface area contributed by atoms with Gasteiger partial charge in [-0.2, -0.15) is 10.4 Å². The molecule has 0 unspecified atom stereocenters. The highest BCUT2D eigenvalue weighted by Gasteiger charge is 2.25. The van der Waals surface area contributed by atoms with E-state index in [4.69, 9.17) is 10.4 Å². The molecule has 0 aliphatic rings. The van der Waals surface area contributed by atoms with Crippen LogP contribution in [0.15, 0.2) is 29.4 Å². The molecule has 2 N–H and O–H groups in total. The summed E-state index contributed by atoms with van der Waals surface area (Å²) in [4.78, 5) is 3.98. The predicted octanol–water partition coefficient (Wildman–Crippen LogP) is 0.0948. The third-order valence-corrected chi connectivity index (χ3v) is 3.18. The van der Waals surface area contributed by atoms with Crippen LogP contribution in [0.25, 0.3) is 5.82 Å². The van der Waals surface area contributed by atoms with Crippen LogP contribution >= 0.6 is 0 Å².